The standard InChI is InChI=1S/C14H18BrN3/c1-9-4-5-13(15)12(6-9)14(16)8-11-7-10(2)17-18(11)3/h4-7,14H,8,16H2,1-3H3. The van der Waals surface area contributed by atoms with Crippen molar-refractivity contribution >= 4 is 15.9 Å². The lowest BCUT2D eigenvalue weighted by molar-refractivity contribution is 0.638. The Morgan fingerprint density at radius 2 is 2.06 bits per heavy atom. The number of benzene rings is 1. The van der Waals surface area contributed by atoms with Gasteiger partial charge in [0.2, 0.25) is 0 Å². The van der Waals surface area contributed by atoms with Crippen molar-refractivity contribution in [1.82, 2.24) is 9.78 Å². The van der Waals surface area contributed by atoms with E-state index in [1.165, 1.54) is 5.56 Å². The van der Waals surface area contributed by atoms with Gasteiger partial charge in [-0.25, -0.2) is 0 Å². The third-order valence-electron chi connectivity index (χ3n) is 3.08. The summed E-state index contributed by atoms with van der Waals surface area (Å²) in [4.78, 5) is 0. The molecule has 96 valence electrons. The summed E-state index contributed by atoms with van der Waals surface area (Å²) in [6, 6.07) is 8.34. The average Bonchev–Trinajstić information content (AvgIpc) is 2.61. The maximum absolute atomic E-state index is 6.30. The quantitative estimate of drug-likeness (QED) is 0.947. The summed E-state index contributed by atoms with van der Waals surface area (Å²) < 4.78 is 2.97. The Bertz CT molecular complexity index is 560. The number of hydrogen-bond acceptors (Lipinski definition) is 2. The molecule has 2 N–H and O–H groups in total. The van der Waals surface area contributed by atoms with Gasteiger partial charge in [-0.1, -0.05) is 33.6 Å². The van der Waals surface area contributed by atoms with Crippen LogP contribution in [-0.2, 0) is 13.5 Å². The monoisotopic (exact) mass is 307 g/mol. The zero-order chi connectivity index (χ0) is 13.3. The third-order valence-corrected chi connectivity index (χ3v) is 3.80. The second-order valence-electron chi connectivity index (χ2n) is 4.74. The van der Waals surface area contributed by atoms with Crippen LogP contribution in [-0.4, -0.2) is 9.78 Å². The summed E-state index contributed by atoms with van der Waals surface area (Å²) in [7, 11) is 1.96. The van der Waals surface area contributed by atoms with E-state index in [1.54, 1.807) is 0 Å². The average molecular weight is 308 g/mol. The topological polar surface area (TPSA) is 43.8 Å². The molecule has 1 unspecified atom stereocenters. The summed E-state index contributed by atoms with van der Waals surface area (Å²) in [6.07, 6.45) is 0.791. The maximum atomic E-state index is 6.30. The molecule has 2 rings (SSSR count). The van der Waals surface area contributed by atoms with Gasteiger partial charge in [-0.15, -0.1) is 0 Å². The lowest BCUT2D eigenvalue weighted by Crippen LogP contribution is -2.16. The highest BCUT2D eigenvalue weighted by molar-refractivity contribution is 9.10. The van der Waals surface area contributed by atoms with Crippen LogP contribution in [0.2, 0.25) is 0 Å². The van der Waals surface area contributed by atoms with Crippen molar-refractivity contribution in [3.8, 4) is 0 Å². The first-order chi connectivity index (χ1) is 8.47. The Hall–Kier alpha value is -1.13. The maximum Gasteiger partial charge on any atom is 0.0596 e. The van der Waals surface area contributed by atoms with E-state index in [1.807, 2.05) is 18.7 Å². The molecule has 1 heterocycles. The van der Waals surface area contributed by atoms with Crippen molar-refractivity contribution in [3.63, 3.8) is 0 Å². The SMILES string of the molecule is Cc1ccc(Br)c(C(N)Cc2cc(C)nn2C)c1. The van der Waals surface area contributed by atoms with Crippen LogP contribution in [0.5, 0.6) is 0 Å². The molecule has 0 saturated heterocycles. The fourth-order valence-corrected chi connectivity index (χ4v) is 2.68. The zero-order valence-electron chi connectivity index (χ0n) is 10.9. The first-order valence-corrected chi connectivity index (χ1v) is 6.78. The van der Waals surface area contributed by atoms with Crippen LogP contribution < -0.4 is 5.73 Å². The second-order valence-corrected chi connectivity index (χ2v) is 5.59. The summed E-state index contributed by atoms with van der Waals surface area (Å²) in [5, 5.41) is 4.35. The van der Waals surface area contributed by atoms with E-state index in [-0.39, 0.29) is 6.04 Å². The molecule has 1 aromatic carbocycles. The number of nitrogens with zero attached hydrogens (tertiary/aromatic N) is 2. The van der Waals surface area contributed by atoms with Gasteiger partial charge in [-0.2, -0.15) is 5.10 Å². The van der Waals surface area contributed by atoms with Gasteiger partial charge in [-0.05, 0) is 31.5 Å². The Kier molecular flexibility index (Phi) is 3.88. The van der Waals surface area contributed by atoms with Crippen LogP contribution in [0.25, 0.3) is 0 Å². The molecule has 0 bridgehead atoms. The minimum absolute atomic E-state index is 0.0194. The minimum atomic E-state index is -0.0194. The summed E-state index contributed by atoms with van der Waals surface area (Å²) in [6.45, 7) is 4.08. The van der Waals surface area contributed by atoms with E-state index in [0.717, 1.165) is 27.8 Å². The van der Waals surface area contributed by atoms with Gasteiger partial charge < -0.3 is 5.73 Å². The van der Waals surface area contributed by atoms with Crippen molar-refractivity contribution in [1.29, 1.82) is 0 Å². The van der Waals surface area contributed by atoms with Gasteiger partial charge in [0.05, 0.1) is 5.69 Å². The molecule has 3 nitrogen and oxygen atoms in total. The summed E-state index contributed by atoms with van der Waals surface area (Å²) in [5.41, 5.74) is 10.9. The molecule has 18 heavy (non-hydrogen) atoms. The number of nitrogens with two attached hydrogens (primary N) is 1. The zero-order valence-corrected chi connectivity index (χ0v) is 12.5. The summed E-state index contributed by atoms with van der Waals surface area (Å²) >= 11 is 3.57. The van der Waals surface area contributed by atoms with Gasteiger partial charge in [0, 0.05) is 29.7 Å². The molecular weight excluding hydrogens is 290 g/mol. The third kappa shape index (κ3) is 2.82. The second kappa shape index (κ2) is 5.24. The Morgan fingerprint density at radius 3 is 2.67 bits per heavy atom. The molecule has 0 radical (unpaired) electrons. The molecule has 0 aliphatic heterocycles. The molecular formula is C14H18BrN3. The first kappa shape index (κ1) is 13.3. The molecule has 0 spiro atoms. The molecule has 0 saturated carbocycles. The van der Waals surface area contributed by atoms with Gasteiger partial charge in [0.25, 0.3) is 0 Å². The predicted octanol–water partition coefficient (Wildman–Crippen LogP) is 3.04. The van der Waals surface area contributed by atoms with Crippen LogP contribution >= 0.6 is 15.9 Å². The fraction of sp³-hybridized carbons (Fsp3) is 0.357. The largest absolute Gasteiger partial charge is 0.324 e. The van der Waals surface area contributed by atoms with Crippen LogP contribution in [0.3, 0.4) is 0 Å². The number of aromatic nitrogens is 2. The molecule has 0 aliphatic rings. The normalized spacial score (nSPS) is 12.7. The first-order valence-electron chi connectivity index (χ1n) is 5.98. The van der Waals surface area contributed by atoms with E-state index < -0.39 is 0 Å². The van der Waals surface area contributed by atoms with Gasteiger partial charge in [-0.3, -0.25) is 4.68 Å². The van der Waals surface area contributed by atoms with Gasteiger partial charge >= 0.3 is 0 Å². The molecule has 1 aromatic heterocycles. The van der Waals surface area contributed by atoms with Gasteiger partial charge in [0.15, 0.2) is 0 Å². The van der Waals surface area contributed by atoms with E-state index in [0.29, 0.717) is 0 Å². The highest BCUT2D eigenvalue weighted by atomic mass is 79.9. The van der Waals surface area contributed by atoms with Crippen molar-refractivity contribution in [2.75, 3.05) is 0 Å². The van der Waals surface area contributed by atoms with Crippen molar-refractivity contribution in [2.45, 2.75) is 26.3 Å². The van der Waals surface area contributed by atoms with Crippen molar-refractivity contribution in [3.05, 3.63) is 51.3 Å². The number of rotatable bonds is 3. The lowest BCUT2D eigenvalue weighted by Gasteiger charge is -2.14. The highest BCUT2D eigenvalue weighted by Gasteiger charge is 2.13. The van der Waals surface area contributed by atoms with Crippen molar-refractivity contribution in [2.24, 2.45) is 12.8 Å². The van der Waals surface area contributed by atoms with E-state index in [2.05, 4.69) is 52.2 Å². The lowest BCUT2D eigenvalue weighted by atomic mass is 10.0. The Balaban J connectivity index is 2.24. The van der Waals surface area contributed by atoms with E-state index in [9.17, 15) is 0 Å². The smallest absolute Gasteiger partial charge is 0.0596 e. The number of halogens is 1. The molecule has 2 aromatic rings. The summed E-state index contributed by atoms with van der Waals surface area (Å²) in [5.74, 6) is 0. The number of hydrogen-bond donors (Lipinski definition) is 1. The van der Waals surface area contributed by atoms with Crippen LogP contribution in [0.4, 0.5) is 0 Å². The van der Waals surface area contributed by atoms with Crippen molar-refractivity contribution < 1.29 is 0 Å². The van der Waals surface area contributed by atoms with E-state index in [4.69, 9.17) is 5.73 Å². The fourth-order valence-electron chi connectivity index (χ4n) is 2.14. The van der Waals surface area contributed by atoms with Crippen LogP contribution in [0.15, 0.2) is 28.7 Å². The molecule has 0 aliphatic carbocycles. The van der Waals surface area contributed by atoms with Crippen LogP contribution in [0.1, 0.15) is 28.6 Å². The Labute approximate surface area is 116 Å². The highest BCUT2D eigenvalue weighted by Crippen LogP contribution is 2.25. The Morgan fingerprint density at radius 1 is 1.33 bits per heavy atom. The molecule has 0 amide bonds. The molecule has 0 fully saturated rings. The van der Waals surface area contributed by atoms with E-state index >= 15 is 0 Å². The molecule has 1 atom stereocenters. The minimum Gasteiger partial charge on any atom is -0.324 e. The number of aryl methyl sites for hydroxylation is 3. The van der Waals surface area contributed by atoms with Gasteiger partial charge in [0.1, 0.15) is 0 Å². The molecule has 4 heteroatoms. The predicted molar refractivity (Wildman–Crippen MR) is 77.5 cm³/mol. The van der Waals surface area contributed by atoms with Crippen LogP contribution in [0, 0.1) is 13.8 Å².